The van der Waals surface area contributed by atoms with Crippen molar-refractivity contribution < 1.29 is 13.9 Å². The van der Waals surface area contributed by atoms with Crippen LogP contribution < -0.4 is 16.0 Å². The van der Waals surface area contributed by atoms with Gasteiger partial charge in [0.2, 0.25) is 0 Å². The molecule has 0 aliphatic carbocycles. The molecule has 122 valence electrons. The van der Waals surface area contributed by atoms with Gasteiger partial charge in [0.05, 0.1) is 36.7 Å². The Morgan fingerprint density at radius 1 is 1.30 bits per heavy atom. The lowest BCUT2D eigenvalue weighted by Crippen LogP contribution is -2.36. The van der Waals surface area contributed by atoms with Gasteiger partial charge >= 0.3 is 0 Å². The third kappa shape index (κ3) is 3.74. The standard InChI is InChI=1S/C16H18BrN3O3/c17-12-1-2-15(20-3-5-22-6-4-20)14(8-12)19-16(21)11-7-13(9-18)23-10-11/h1-2,7-8,10H,3-6,9,18H2,(H,19,21). The van der Waals surface area contributed by atoms with Crippen LogP contribution in [0.25, 0.3) is 0 Å². The van der Waals surface area contributed by atoms with Crippen molar-refractivity contribution in [1.82, 2.24) is 0 Å². The average molecular weight is 380 g/mol. The van der Waals surface area contributed by atoms with Crippen molar-refractivity contribution in [3.05, 3.63) is 46.3 Å². The van der Waals surface area contributed by atoms with Crippen LogP contribution in [-0.2, 0) is 11.3 Å². The molecule has 2 aromatic rings. The highest BCUT2D eigenvalue weighted by atomic mass is 79.9. The second-order valence-corrected chi connectivity index (χ2v) is 6.14. The number of hydrogen-bond donors (Lipinski definition) is 2. The first kappa shape index (κ1) is 16.0. The fraction of sp³-hybridized carbons (Fsp3) is 0.312. The molecule has 0 atom stereocenters. The monoisotopic (exact) mass is 379 g/mol. The Hall–Kier alpha value is -1.83. The molecule has 0 unspecified atom stereocenters. The highest BCUT2D eigenvalue weighted by Crippen LogP contribution is 2.30. The number of morpholine rings is 1. The van der Waals surface area contributed by atoms with Gasteiger partial charge in [0.15, 0.2) is 0 Å². The third-order valence-electron chi connectivity index (χ3n) is 3.68. The summed E-state index contributed by atoms with van der Waals surface area (Å²) in [5.74, 6) is 0.360. The van der Waals surface area contributed by atoms with Gasteiger partial charge in [0.25, 0.3) is 5.91 Å². The first-order valence-corrected chi connectivity index (χ1v) is 8.18. The van der Waals surface area contributed by atoms with Gasteiger partial charge < -0.3 is 25.1 Å². The van der Waals surface area contributed by atoms with Crippen LogP contribution in [0.1, 0.15) is 16.1 Å². The van der Waals surface area contributed by atoms with Crippen LogP contribution in [-0.4, -0.2) is 32.2 Å². The van der Waals surface area contributed by atoms with Crippen LogP contribution in [0.4, 0.5) is 11.4 Å². The van der Waals surface area contributed by atoms with Gasteiger partial charge in [0, 0.05) is 17.6 Å². The molecule has 23 heavy (non-hydrogen) atoms. The lowest BCUT2D eigenvalue weighted by atomic mass is 10.2. The number of benzene rings is 1. The molecule has 3 N–H and O–H groups in total. The predicted octanol–water partition coefficient (Wildman–Crippen LogP) is 2.59. The molecule has 1 saturated heterocycles. The third-order valence-corrected chi connectivity index (χ3v) is 4.17. The Morgan fingerprint density at radius 2 is 2.09 bits per heavy atom. The van der Waals surface area contributed by atoms with E-state index in [1.807, 2.05) is 18.2 Å². The predicted molar refractivity (Wildman–Crippen MR) is 91.7 cm³/mol. The van der Waals surface area contributed by atoms with Gasteiger partial charge in [-0.3, -0.25) is 4.79 Å². The number of nitrogens with zero attached hydrogens (tertiary/aromatic N) is 1. The van der Waals surface area contributed by atoms with Gasteiger partial charge in [-0.05, 0) is 24.3 Å². The lowest BCUT2D eigenvalue weighted by molar-refractivity contribution is 0.102. The quantitative estimate of drug-likeness (QED) is 0.852. The lowest BCUT2D eigenvalue weighted by Gasteiger charge is -2.30. The minimum absolute atomic E-state index is 0.221. The first-order chi connectivity index (χ1) is 11.2. The molecule has 1 amide bonds. The SMILES string of the molecule is NCc1cc(C(=O)Nc2cc(Br)ccc2N2CCOCC2)co1. The largest absolute Gasteiger partial charge is 0.467 e. The van der Waals surface area contributed by atoms with Crippen molar-refractivity contribution in [3.8, 4) is 0 Å². The number of halogens is 1. The number of anilines is 2. The Morgan fingerprint density at radius 3 is 2.78 bits per heavy atom. The van der Waals surface area contributed by atoms with Gasteiger partial charge in [-0.15, -0.1) is 0 Å². The minimum atomic E-state index is -0.221. The number of furan rings is 1. The number of carbonyl (C=O) groups excluding carboxylic acids is 1. The molecule has 0 saturated carbocycles. The molecule has 1 aliphatic heterocycles. The molecule has 0 radical (unpaired) electrons. The summed E-state index contributed by atoms with van der Waals surface area (Å²) < 4.78 is 11.5. The normalized spacial score (nSPS) is 14.8. The van der Waals surface area contributed by atoms with Gasteiger partial charge in [0.1, 0.15) is 12.0 Å². The van der Waals surface area contributed by atoms with E-state index in [-0.39, 0.29) is 12.5 Å². The summed E-state index contributed by atoms with van der Waals surface area (Å²) in [6.07, 6.45) is 1.42. The van der Waals surface area contributed by atoms with E-state index in [9.17, 15) is 4.79 Å². The van der Waals surface area contributed by atoms with Crippen molar-refractivity contribution in [2.75, 3.05) is 36.5 Å². The van der Waals surface area contributed by atoms with E-state index in [1.54, 1.807) is 6.07 Å². The second-order valence-electron chi connectivity index (χ2n) is 5.22. The summed E-state index contributed by atoms with van der Waals surface area (Å²) >= 11 is 3.45. The van der Waals surface area contributed by atoms with Crippen molar-refractivity contribution in [1.29, 1.82) is 0 Å². The number of nitrogens with one attached hydrogen (secondary N) is 1. The summed E-state index contributed by atoms with van der Waals surface area (Å²) in [6, 6.07) is 7.50. The number of rotatable bonds is 4. The summed E-state index contributed by atoms with van der Waals surface area (Å²) in [5, 5.41) is 2.95. The summed E-state index contributed by atoms with van der Waals surface area (Å²) in [7, 11) is 0. The molecule has 1 aliphatic rings. The van der Waals surface area contributed by atoms with Crippen LogP contribution in [0.15, 0.2) is 39.4 Å². The second kappa shape index (κ2) is 7.16. The van der Waals surface area contributed by atoms with Crippen molar-refractivity contribution in [3.63, 3.8) is 0 Å². The maximum absolute atomic E-state index is 12.4. The molecule has 0 bridgehead atoms. The molecule has 0 spiro atoms. The number of hydrogen-bond acceptors (Lipinski definition) is 5. The van der Waals surface area contributed by atoms with Crippen molar-refractivity contribution in [2.45, 2.75) is 6.54 Å². The number of amides is 1. The Balaban J connectivity index is 1.83. The fourth-order valence-electron chi connectivity index (χ4n) is 2.49. The molecule has 1 fully saturated rings. The van der Waals surface area contributed by atoms with Crippen molar-refractivity contribution in [2.24, 2.45) is 5.73 Å². The average Bonchev–Trinajstić information content (AvgIpc) is 3.05. The molecule has 2 heterocycles. The maximum Gasteiger partial charge on any atom is 0.258 e. The number of nitrogens with two attached hydrogens (primary N) is 1. The van der Waals surface area contributed by atoms with Crippen LogP contribution in [0, 0.1) is 0 Å². The molecule has 1 aromatic carbocycles. The van der Waals surface area contributed by atoms with E-state index >= 15 is 0 Å². The van der Waals surface area contributed by atoms with Crippen LogP contribution in [0.2, 0.25) is 0 Å². The Bertz CT molecular complexity index is 696. The molecular weight excluding hydrogens is 362 g/mol. The van der Waals surface area contributed by atoms with E-state index < -0.39 is 0 Å². The zero-order valence-electron chi connectivity index (χ0n) is 12.5. The fourth-order valence-corrected chi connectivity index (χ4v) is 2.85. The maximum atomic E-state index is 12.4. The number of ether oxygens (including phenoxy) is 1. The summed E-state index contributed by atoms with van der Waals surface area (Å²) in [5.41, 5.74) is 7.69. The molecule has 7 heteroatoms. The molecule has 1 aromatic heterocycles. The van der Waals surface area contributed by atoms with Crippen LogP contribution in [0.3, 0.4) is 0 Å². The van der Waals surface area contributed by atoms with Crippen LogP contribution in [0.5, 0.6) is 0 Å². The van der Waals surface area contributed by atoms with Crippen molar-refractivity contribution >= 4 is 33.2 Å². The zero-order valence-corrected chi connectivity index (χ0v) is 14.1. The van der Waals surface area contributed by atoms with E-state index in [1.165, 1.54) is 6.26 Å². The van der Waals surface area contributed by atoms with E-state index in [2.05, 4.69) is 26.1 Å². The summed E-state index contributed by atoms with van der Waals surface area (Å²) in [4.78, 5) is 14.6. The minimum Gasteiger partial charge on any atom is -0.467 e. The number of carbonyl (C=O) groups is 1. The van der Waals surface area contributed by atoms with E-state index in [0.717, 1.165) is 28.9 Å². The summed E-state index contributed by atoms with van der Waals surface area (Å²) in [6.45, 7) is 3.24. The van der Waals surface area contributed by atoms with Gasteiger partial charge in [-0.1, -0.05) is 15.9 Å². The smallest absolute Gasteiger partial charge is 0.258 e. The Labute approximate surface area is 142 Å². The Kier molecular flexibility index (Phi) is 5.00. The first-order valence-electron chi connectivity index (χ1n) is 7.38. The highest BCUT2D eigenvalue weighted by molar-refractivity contribution is 9.10. The van der Waals surface area contributed by atoms with E-state index in [0.29, 0.717) is 24.5 Å². The molecule has 6 nitrogen and oxygen atoms in total. The zero-order chi connectivity index (χ0) is 16.2. The topological polar surface area (TPSA) is 80.7 Å². The van der Waals surface area contributed by atoms with E-state index in [4.69, 9.17) is 14.9 Å². The molecular formula is C16H18BrN3O3. The highest BCUT2D eigenvalue weighted by Gasteiger charge is 2.18. The van der Waals surface area contributed by atoms with Crippen LogP contribution >= 0.6 is 15.9 Å². The van der Waals surface area contributed by atoms with Gasteiger partial charge in [-0.2, -0.15) is 0 Å². The molecule has 3 rings (SSSR count). The van der Waals surface area contributed by atoms with Gasteiger partial charge in [-0.25, -0.2) is 0 Å².